The molecule has 0 amide bonds. The maximum atomic E-state index is 12.6. The van der Waals surface area contributed by atoms with Crippen LogP contribution in [-0.2, 0) is 16.0 Å². The number of nitrogens with zero attached hydrogens (tertiary/aromatic N) is 3. The predicted octanol–water partition coefficient (Wildman–Crippen LogP) is 1.90. The van der Waals surface area contributed by atoms with Crippen LogP contribution in [0.3, 0.4) is 0 Å². The molecule has 0 N–H and O–H groups in total. The average Bonchev–Trinajstić information content (AvgIpc) is 2.47. The summed E-state index contributed by atoms with van der Waals surface area (Å²) in [4.78, 5) is 8.73. The number of halogens is 3. The van der Waals surface area contributed by atoms with Gasteiger partial charge >= 0.3 is 6.18 Å². The van der Waals surface area contributed by atoms with Gasteiger partial charge in [-0.2, -0.15) is 13.2 Å². The van der Waals surface area contributed by atoms with Gasteiger partial charge < -0.3 is 4.90 Å². The molecule has 1 aliphatic heterocycles. The molecule has 0 unspecified atom stereocenters. The van der Waals surface area contributed by atoms with E-state index in [0.717, 1.165) is 12.4 Å². The number of anilines is 1. The van der Waals surface area contributed by atoms with Crippen LogP contribution >= 0.6 is 0 Å². The Morgan fingerprint density at radius 1 is 1.29 bits per heavy atom. The third kappa shape index (κ3) is 3.63. The van der Waals surface area contributed by atoms with Crippen LogP contribution in [0.2, 0.25) is 0 Å². The maximum absolute atomic E-state index is 12.6. The van der Waals surface area contributed by atoms with Crippen molar-refractivity contribution in [3.8, 4) is 0 Å². The number of alkyl halides is 3. The van der Waals surface area contributed by atoms with Crippen molar-refractivity contribution >= 4 is 15.7 Å². The van der Waals surface area contributed by atoms with Crippen molar-refractivity contribution in [2.45, 2.75) is 31.2 Å². The van der Waals surface area contributed by atoms with Gasteiger partial charge in [-0.1, -0.05) is 6.92 Å². The number of rotatable bonds is 3. The summed E-state index contributed by atoms with van der Waals surface area (Å²) in [5.41, 5.74) is -0.990. The second kappa shape index (κ2) is 5.78. The van der Waals surface area contributed by atoms with Gasteiger partial charge in [0, 0.05) is 24.9 Å². The van der Waals surface area contributed by atoms with E-state index in [1.165, 1.54) is 0 Å². The molecule has 118 valence electrons. The highest BCUT2D eigenvalue weighted by Gasteiger charge is 2.34. The van der Waals surface area contributed by atoms with Crippen molar-refractivity contribution < 1.29 is 21.6 Å². The lowest BCUT2D eigenvalue weighted by atomic mass is 10.1. The van der Waals surface area contributed by atoms with Crippen molar-refractivity contribution in [2.75, 3.05) is 23.7 Å². The van der Waals surface area contributed by atoms with Crippen LogP contribution in [0, 0.1) is 0 Å². The highest BCUT2D eigenvalue weighted by Crippen LogP contribution is 2.30. The zero-order valence-corrected chi connectivity index (χ0v) is 12.3. The fraction of sp³-hybridized carbons (Fsp3) is 0.667. The first-order valence-corrected chi connectivity index (χ1v) is 8.31. The molecule has 9 heteroatoms. The first-order chi connectivity index (χ1) is 9.74. The van der Waals surface area contributed by atoms with Gasteiger partial charge in [-0.25, -0.2) is 18.4 Å². The van der Waals surface area contributed by atoms with Crippen LogP contribution in [0.5, 0.6) is 0 Å². The molecular formula is C12H16F3N3O2S. The summed E-state index contributed by atoms with van der Waals surface area (Å²) >= 11 is 0. The Labute approximate surface area is 121 Å². The van der Waals surface area contributed by atoms with Gasteiger partial charge in [0.1, 0.15) is 17.8 Å². The number of piperidine rings is 1. The van der Waals surface area contributed by atoms with Crippen LogP contribution in [0.1, 0.15) is 25.5 Å². The molecule has 1 fully saturated rings. The molecule has 5 nitrogen and oxygen atoms in total. The molecule has 21 heavy (non-hydrogen) atoms. The third-order valence-corrected chi connectivity index (χ3v) is 5.91. The summed E-state index contributed by atoms with van der Waals surface area (Å²) < 4.78 is 61.4. The van der Waals surface area contributed by atoms with Crippen LogP contribution in [0.25, 0.3) is 0 Å². The van der Waals surface area contributed by atoms with Gasteiger partial charge in [0.05, 0.1) is 5.25 Å². The van der Waals surface area contributed by atoms with E-state index in [4.69, 9.17) is 0 Å². The van der Waals surface area contributed by atoms with E-state index in [0.29, 0.717) is 25.9 Å². The maximum Gasteiger partial charge on any atom is 0.433 e. The summed E-state index contributed by atoms with van der Waals surface area (Å²) in [7, 11) is -3.10. The molecule has 0 radical (unpaired) electrons. The average molecular weight is 323 g/mol. The molecule has 0 bridgehead atoms. The molecule has 0 atom stereocenters. The summed E-state index contributed by atoms with van der Waals surface area (Å²) in [6, 6.07) is 0.897. The van der Waals surface area contributed by atoms with Crippen molar-refractivity contribution in [1.82, 2.24) is 9.97 Å². The van der Waals surface area contributed by atoms with Crippen LogP contribution in [0.4, 0.5) is 19.0 Å². The summed E-state index contributed by atoms with van der Waals surface area (Å²) in [6.45, 7) is 2.35. The molecule has 1 aliphatic rings. The fourth-order valence-corrected chi connectivity index (χ4v) is 3.76. The smallest absolute Gasteiger partial charge is 0.356 e. The Hall–Kier alpha value is -1.38. The molecule has 0 aliphatic carbocycles. The standard InChI is InChI=1S/C12H16F3N3O2S/c1-2-21(19,20)9-3-5-18(6-4-9)11-7-10(12(13,14)15)16-8-17-11/h7-9H,2-6H2,1H3. The summed E-state index contributed by atoms with van der Waals surface area (Å²) in [5.74, 6) is 0.272. The molecular weight excluding hydrogens is 307 g/mol. The predicted molar refractivity (Wildman–Crippen MR) is 71.7 cm³/mol. The van der Waals surface area contributed by atoms with Gasteiger partial charge in [-0.3, -0.25) is 0 Å². The van der Waals surface area contributed by atoms with Gasteiger partial charge in [0.25, 0.3) is 0 Å². The minimum atomic E-state index is -4.51. The van der Waals surface area contributed by atoms with E-state index in [2.05, 4.69) is 9.97 Å². The molecule has 0 saturated carbocycles. The SMILES string of the molecule is CCS(=O)(=O)C1CCN(c2cc(C(F)(F)F)ncn2)CC1. The topological polar surface area (TPSA) is 63.2 Å². The normalized spacial score (nSPS) is 18.0. The monoisotopic (exact) mass is 323 g/mol. The summed E-state index contributed by atoms with van der Waals surface area (Å²) in [6.07, 6.45) is -2.82. The van der Waals surface area contributed by atoms with E-state index in [9.17, 15) is 21.6 Å². The number of hydrogen-bond acceptors (Lipinski definition) is 5. The second-order valence-electron chi connectivity index (χ2n) is 4.90. The second-order valence-corrected chi connectivity index (χ2v) is 7.47. The van der Waals surface area contributed by atoms with E-state index < -0.39 is 27.0 Å². The molecule has 2 rings (SSSR count). The van der Waals surface area contributed by atoms with Crippen LogP contribution < -0.4 is 4.90 Å². The van der Waals surface area contributed by atoms with Gasteiger partial charge in [-0.05, 0) is 12.8 Å². The first-order valence-electron chi connectivity index (χ1n) is 6.60. The highest BCUT2D eigenvalue weighted by atomic mass is 32.2. The lowest BCUT2D eigenvalue weighted by Gasteiger charge is -2.32. The third-order valence-electron chi connectivity index (χ3n) is 3.62. The number of aromatic nitrogens is 2. The largest absolute Gasteiger partial charge is 0.433 e. The first kappa shape index (κ1) is 16.0. The van der Waals surface area contributed by atoms with Crippen LogP contribution in [0.15, 0.2) is 12.4 Å². The number of sulfone groups is 1. The molecule has 0 aromatic carbocycles. The minimum absolute atomic E-state index is 0.0867. The van der Waals surface area contributed by atoms with Gasteiger partial charge in [0.15, 0.2) is 9.84 Å². The van der Waals surface area contributed by atoms with Gasteiger partial charge in [-0.15, -0.1) is 0 Å². The lowest BCUT2D eigenvalue weighted by Crippen LogP contribution is -2.40. The van der Waals surface area contributed by atoms with E-state index in [-0.39, 0.29) is 11.6 Å². The number of hydrogen-bond donors (Lipinski definition) is 0. The highest BCUT2D eigenvalue weighted by molar-refractivity contribution is 7.92. The summed E-state index contributed by atoms with van der Waals surface area (Å²) in [5, 5.41) is -0.414. The molecule has 0 spiro atoms. The Morgan fingerprint density at radius 2 is 1.90 bits per heavy atom. The van der Waals surface area contributed by atoms with E-state index >= 15 is 0 Å². The zero-order valence-electron chi connectivity index (χ0n) is 11.5. The zero-order chi connectivity index (χ0) is 15.7. The Morgan fingerprint density at radius 3 is 2.43 bits per heavy atom. The van der Waals surface area contributed by atoms with E-state index in [1.54, 1.807) is 11.8 Å². The molecule has 2 heterocycles. The Kier molecular flexibility index (Phi) is 4.40. The van der Waals surface area contributed by atoms with Crippen molar-refractivity contribution in [3.05, 3.63) is 18.1 Å². The van der Waals surface area contributed by atoms with Crippen molar-refractivity contribution in [2.24, 2.45) is 0 Å². The Bertz CT molecular complexity index is 596. The van der Waals surface area contributed by atoms with Crippen LogP contribution in [-0.4, -0.2) is 42.5 Å². The fourth-order valence-electron chi connectivity index (χ4n) is 2.35. The minimum Gasteiger partial charge on any atom is -0.356 e. The molecule has 1 saturated heterocycles. The van der Waals surface area contributed by atoms with Crippen molar-refractivity contribution in [3.63, 3.8) is 0 Å². The Balaban J connectivity index is 2.10. The van der Waals surface area contributed by atoms with Gasteiger partial charge in [0.2, 0.25) is 0 Å². The molecule has 1 aromatic rings. The molecule has 1 aromatic heterocycles. The lowest BCUT2D eigenvalue weighted by molar-refractivity contribution is -0.141. The van der Waals surface area contributed by atoms with E-state index in [1.807, 2.05) is 0 Å². The van der Waals surface area contributed by atoms with Crippen molar-refractivity contribution in [1.29, 1.82) is 0 Å². The quantitative estimate of drug-likeness (QED) is 0.850.